The maximum atomic E-state index is 9.26. The Morgan fingerprint density at radius 1 is 1.42 bits per heavy atom. The molecule has 1 rings (SSSR count). The molecule has 0 aliphatic carbocycles. The van der Waals surface area contributed by atoms with Gasteiger partial charge >= 0.3 is 0 Å². The van der Waals surface area contributed by atoms with E-state index >= 15 is 0 Å². The number of hydrogen-bond donors (Lipinski definition) is 2. The van der Waals surface area contributed by atoms with E-state index in [1.165, 1.54) is 0 Å². The number of aliphatic hydroxyl groups excluding tert-OH is 1. The molecule has 0 amide bonds. The summed E-state index contributed by atoms with van der Waals surface area (Å²) in [5, 5.41) is 21.8. The molecular formula is C15H23N3O. The van der Waals surface area contributed by atoms with Crippen LogP contribution in [0.4, 0.5) is 5.82 Å². The van der Waals surface area contributed by atoms with Crippen LogP contribution in [0.1, 0.15) is 44.0 Å². The molecule has 0 bridgehead atoms. The van der Waals surface area contributed by atoms with Crippen molar-refractivity contribution in [2.45, 2.75) is 47.1 Å². The van der Waals surface area contributed by atoms with Crippen molar-refractivity contribution in [3.63, 3.8) is 0 Å². The van der Waals surface area contributed by atoms with Gasteiger partial charge in [0.05, 0.1) is 5.56 Å². The number of nitrogens with zero attached hydrogens (tertiary/aromatic N) is 2. The monoisotopic (exact) mass is 261 g/mol. The predicted molar refractivity (Wildman–Crippen MR) is 77.0 cm³/mol. The molecule has 2 N–H and O–H groups in total. The minimum absolute atomic E-state index is 0.0191. The highest BCUT2D eigenvalue weighted by atomic mass is 16.3. The maximum absolute atomic E-state index is 9.26. The Hall–Kier alpha value is -1.60. The number of nitrogens with one attached hydrogen (secondary N) is 1. The quantitative estimate of drug-likeness (QED) is 0.874. The summed E-state index contributed by atoms with van der Waals surface area (Å²) in [5.74, 6) is 0.619. The van der Waals surface area contributed by atoms with Gasteiger partial charge in [-0.05, 0) is 37.3 Å². The summed E-state index contributed by atoms with van der Waals surface area (Å²) < 4.78 is 0. The summed E-state index contributed by atoms with van der Waals surface area (Å²) in [6.45, 7) is 10.3. The smallest absolute Gasteiger partial charge is 0.144 e. The fraction of sp³-hybridized carbons (Fsp3) is 0.600. The molecule has 0 fully saturated rings. The number of aromatic nitrogens is 1. The zero-order valence-electron chi connectivity index (χ0n) is 12.4. The fourth-order valence-corrected chi connectivity index (χ4v) is 2.10. The van der Waals surface area contributed by atoms with Crippen molar-refractivity contribution >= 4 is 5.82 Å². The Balaban J connectivity index is 3.13. The molecule has 4 nitrogen and oxygen atoms in total. The lowest BCUT2D eigenvalue weighted by Crippen LogP contribution is -2.35. The molecule has 104 valence electrons. The van der Waals surface area contributed by atoms with E-state index in [1.807, 2.05) is 19.9 Å². The van der Waals surface area contributed by atoms with Crippen molar-refractivity contribution in [2.75, 3.05) is 11.9 Å². The molecule has 0 radical (unpaired) electrons. The molecule has 1 unspecified atom stereocenters. The number of rotatable bonds is 4. The molecule has 0 saturated heterocycles. The number of aryl methyl sites for hydroxylation is 2. The van der Waals surface area contributed by atoms with Gasteiger partial charge in [0.2, 0.25) is 0 Å². The van der Waals surface area contributed by atoms with E-state index in [9.17, 15) is 10.4 Å². The highest BCUT2D eigenvalue weighted by Crippen LogP contribution is 2.27. The first-order chi connectivity index (χ1) is 8.79. The molecule has 0 aromatic carbocycles. The van der Waals surface area contributed by atoms with Crippen molar-refractivity contribution < 1.29 is 5.11 Å². The second-order valence-electron chi connectivity index (χ2n) is 5.99. The number of pyridine rings is 1. The van der Waals surface area contributed by atoms with Gasteiger partial charge in [0, 0.05) is 18.3 Å². The van der Waals surface area contributed by atoms with Crippen LogP contribution in [0.15, 0.2) is 6.07 Å². The van der Waals surface area contributed by atoms with Crippen LogP contribution in [0, 0.1) is 30.6 Å². The van der Waals surface area contributed by atoms with Gasteiger partial charge in [-0.25, -0.2) is 4.98 Å². The van der Waals surface area contributed by atoms with Gasteiger partial charge in [0.15, 0.2) is 0 Å². The van der Waals surface area contributed by atoms with Crippen molar-refractivity contribution in [1.29, 1.82) is 5.26 Å². The number of anilines is 1. The fourth-order valence-electron chi connectivity index (χ4n) is 2.10. The van der Waals surface area contributed by atoms with Gasteiger partial charge in [-0.2, -0.15) is 5.26 Å². The van der Waals surface area contributed by atoms with Gasteiger partial charge in [-0.1, -0.05) is 20.8 Å². The number of hydrogen-bond acceptors (Lipinski definition) is 4. The molecule has 19 heavy (non-hydrogen) atoms. The first kappa shape index (κ1) is 15.5. The Morgan fingerprint density at radius 2 is 2.05 bits per heavy atom. The lowest BCUT2D eigenvalue weighted by molar-refractivity contribution is 0.235. The summed E-state index contributed by atoms with van der Waals surface area (Å²) in [4.78, 5) is 4.43. The van der Waals surface area contributed by atoms with E-state index < -0.39 is 0 Å². The second kappa shape index (κ2) is 6.03. The minimum atomic E-state index is -0.0191. The van der Waals surface area contributed by atoms with E-state index in [0.29, 0.717) is 17.8 Å². The van der Waals surface area contributed by atoms with Crippen molar-refractivity contribution in [1.82, 2.24) is 4.98 Å². The standard InChI is InChI=1S/C15H23N3O/c1-10-8-11(2)17-14(12(10)9-16)18-13(6-7-19)15(3,4)5/h8,13,19H,6-7H2,1-5H3,(H,17,18). The SMILES string of the molecule is Cc1cc(C)c(C#N)c(NC(CCO)C(C)(C)C)n1. The Morgan fingerprint density at radius 3 is 2.53 bits per heavy atom. The molecule has 1 aromatic heterocycles. The van der Waals surface area contributed by atoms with E-state index in [0.717, 1.165) is 11.3 Å². The summed E-state index contributed by atoms with van der Waals surface area (Å²) in [6, 6.07) is 4.17. The van der Waals surface area contributed by atoms with Crippen LogP contribution < -0.4 is 5.32 Å². The van der Waals surface area contributed by atoms with Crippen molar-refractivity contribution in [2.24, 2.45) is 5.41 Å². The molecular weight excluding hydrogens is 238 g/mol. The van der Waals surface area contributed by atoms with Gasteiger partial charge in [-0.15, -0.1) is 0 Å². The zero-order valence-corrected chi connectivity index (χ0v) is 12.4. The molecule has 0 saturated carbocycles. The Bertz CT molecular complexity index is 483. The van der Waals surface area contributed by atoms with E-state index in [1.54, 1.807) is 0 Å². The Kier molecular flexibility index (Phi) is 4.90. The van der Waals surface area contributed by atoms with Crippen LogP contribution in [-0.4, -0.2) is 22.7 Å². The van der Waals surface area contributed by atoms with Gasteiger partial charge in [-0.3, -0.25) is 0 Å². The van der Waals surface area contributed by atoms with Crippen molar-refractivity contribution in [3.05, 3.63) is 22.9 Å². The number of nitriles is 1. The molecule has 0 aliphatic rings. The van der Waals surface area contributed by atoms with E-state index in [4.69, 9.17) is 0 Å². The lowest BCUT2D eigenvalue weighted by atomic mass is 9.85. The third kappa shape index (κ3) is 3.93. The van der Waals surface area contributed by atoms with Crippen LogP contribution >= 0.6 is 0 Å². The van der Waals surface area contributed by atoms with Gasteiger partial charge < -0.3 is 10.4 Å². The minimum Gasteiger partial charge on any atom is -0.396 e. The van der Waals surface area contributed by atoms with Crippen LogP contribution in [0.5, 0.6) is 0 Å². The second-order valence-corrected chi connectivity index (χ2v) is 5.99. The molecule has 1 aromatic rings. The maximum Gasteiger partial charge on any atom is 0.144 e. The molecule has 4 heteroatoms. The van der Waals surface area contributed by atoms with E-state index in [2.05, 4.69) is 37.1 Å². The molecule has 1 atom stereocenters. The third-order valence-electron chi connectivity index (χ3n) is 3.23. The highest BCUT2D eigenvalue weighted by Gasteiger charge is 2.25. The number of aliphatic hydroxyl groups is 1. The largest absolute Gasteiger partial charge is 0.396 e. The Labute approximate surface area is 115 Å². The summed E-state index contributed by atoms with van der Waals surface area (Å²) >= 11 is 0. The molecule has 0 aliphatic heterocycles. The first-order valence-corrected chi connectivity index (χ1v) is 6.55. The lowest BCUT2D eigenvalue weighted by Gasteiger charge is -2.32. The first-order valence-electron chi connectivity index (χ1n) is 6.55. The van der Waals surface area contributed by atoms with E-state index in [-0.39, 0.29) is 18.1 Å². The summed E-state index contributed by atoms with van der Waals surface area (Å²) in [5.41, 5.74) is 2.37. The third-order valence-corrected chi connectivity index (χ3v) is 3.23. The average Bonchev–Trinajstić information content (AvgIpc) is 2.26. The predicted octanol–water partition coefficient (Wildman–Crippen LogP) is 2.78. The topological polar surface area (TPSA) is 68.9 Å². The average molecular weight is 261 g/mol. The summed E-state index contributed by atoms with van der Waals surface area (Å²) in [6.07, 6.45) is 0.628. The zero-order chi connectivity index (χ0) is 14.6. The van der Waals surface area contributed by atoms with Gasteiger partial charge in [0.25, 0.3) is 0 Å². The summed E-state index contributed by atoms with van der Waals surface area (Å²) in [7, 11) is 0. The van der Waals surface area contributed by atoms with Gasteiger partial charge in [0.1, 0.15) is 11.9 Å². The molecule has 0 spiro atoms. The van der Waals surface area contributed by atoms with Crippen LogP contribution in [0.3, 0.4) is 0 Å². The van der Waals surface area contributed by atoms with Crippen LogP contribution in [0.25, 0.3) is 0 Å². The highest BCUT2D eigenvalue weighted by molar-refractivity contribution is 5.57. The van der Waals surface area contributed by atoms with Crippen molar-refractivity contribution in [3.8, 4) is 6.07 Å². The normalized spacial score (nSPS) is 12.9. The molecule has 1 heterocycles. The van der Waals surface area contributed by atoms with Crippen LogP contribution in [0.2, 0.25) is 0 Å². The van der Waals surface area contributed by atoms with Crippen LogP contribution in [-0.2, 0) is 0 Å².